The van der Waals surface area contributed by atoms with Gasteiger partial charge < -0.3 is 15.4 Å². The predicted octanol–water partition coefficient (Wildman–Crippen LogP) is 4.40. The van der Waals surface area contributed by atoms with Gasteiger partial charge in [-0.3, -0.25) is 0 Å². The van der Waals surface area contributed by atoms with Gasteiger partial charge in [-0.25, -0.2) is 9.78 Å². The number of hydrogen-bond acceptors (Lipinski definition) is 6. The maximum atomic E-state index is 11.8. The second-order valence-corrected chi connectivity index (χ2v) is 5.44. The molecule has 0 unspecified atom stereocenters. The van der Waals surface area contributed by atoms with Gasteiger partial charge >= 0.3 is 5.97 Å². The lowest BCUT2D eigenvalue weighted by Crippen LogP contribution is -2.07. The van der Waals surface area contributed by atoms with E-state index in [0.29, 0.717) is 28.0 Å². The first kappa shape index (κ1) is 16.7. The number of para-hydroxylation sites is 2. The van der Waals surface area contributed by atoms with Crippen molar-refractivity contribution in [3.63, 3.8) is 0 Å². The molecule has 0 amide bonds. The molecule has 0 spiro atoms. The summed E-state index contributed by atoms with van der Waals surface area (Å²) >= 11 is 6.14. The number of ether oxygens (including phenoxy) is 1. The lowest BCUT2D eigenvalue weighted by molar-refractivity contribution is 0.0602. The average molecular weight is 355 g/mol. The Bertz CT molecular complexity index is 902. The van der Waals surface area contributed by atoms with E-state index < -0.39 is 5.97 Å². The van der Waals surface area contributed by atoms with Crippen molar-refractivity contribution in [1.82, 2.24) is 9.97 Å². The van der Waals surface area contributed by atoms with Crippen LogP contribution in [0.25, 0.3) is 0 Å². The van der Waals surface area contributed by atoms with Gasteiger partial charge in [0.25, 0.3) is 0 Å². The molecule has 1 heterocycles. The van der Waals surface area contributed by atoms with Gasteiger partial charge in [0.15, 0.2) is 0 Å². The number of halogens is 1. The molecule has 0 fully saturated rings. The standard InChI is InChI=1S/C18H15ClN4O2/c1-25-17(24)12-6-2-4-8-14(12)22-18-20-11-10-16(23-18)21-15-9-5-3-7-13(15)19/h2-11H,1H3,(H2,20,21,22,23). The third-order valence-electron chi connectivity index (χ3n) is 3.37. The molecule has 0 saturated heterocycles. The molecule has 2 N–H and O–H groups in total. The molecule has 0 aliphatic heterocycles. The molecule has 0 aliphatic carbocycles. The topological polar surface area (TPSA) is 76.1 Å². The Labute approximate surface area is 149 Å². The van der Waals surface area contributed by atoms with Gasteiger partial charge in [-0.2, -0.15) is 4.98 Å². The van der Waals surface area contributed by atoms with Gasteiger partial charge in [-0.15, -0.1) is 0 Å². The highest BCUT2D eigenvalue weighted by Gasteiger charge is 2.12. The largest absolute Gasteiger partial charge is 0.465 e. The lowest BCUT2D eigenvalue weighted by atomic mass is 10.2. The number of nitrogens with zero attached hydrogens (tertiary/aromatic N) is 2. The number of rotatable bonds is 5. The summed E-state index contributed by atoms with van der Waals surface area (Å²) in [7, 11) is 1.34. The van der Waals surface area contributed by atoms with Gasteiger partial charge in [-0.05, 0) is 30.3 Å². The summed E-state index contributed by atoms with van der Waals surface area (Å²) < 4.78 is 4.78. The van der Waals surface area contributed by atoms with Crippen LogP contribution in [-0.4, -0.2) is 23.0 Å². The number of methoxy groups -OCH3 is 1. The van der Waals surface area contributed by atoms with Gasteiger partial charge in [0.1, 0.15) is 5.82 Å². The van der Waals surface area contributed by atoms with Crippen molar-refractivity contribution in [1.29, 1.82) is 0 Å². The van der Waals surface area contributed by atoms with Crippen LogP contribution in [0.4, 0.5) is 23.1 Å². The number of nitrogens with one attached hydrogen (secondary N) is 2. The molecule has 2 aromatic carbocycles. The highest BCUT2D eigenvalue weighted by Crippen LogP contribution is 2.25. The van der Waals surface area contributed by atoms with Crippen molar-refractivity contribution >= 4 is 40.7 Å². The van der Waals surface area contributed by atoms with E-state index in [1.807, 2.05) is 18.2 Å². The quantitative estimate of drug-likeness (QED) is 0.661. The van der Waals surface area contributed by atoms with Gasteiger partial charge in [0.05, 0.1) is 29.1 Å². The Hall–Kier alpha value is -3.12. The fourth-order valence-electron chi connectivity index (χ4n) is 2.19. The van der Waals surface area contributed by atoms with E-state index in [1.165, 1.54) is 7.11 Å². The Morgan fingerprint density at radius 2 is 1.72 bits per heavy atom. The van der Waals surface area contributed by atoms with E-state index in [1.54, 1.807) is 42.6 Å². The maximum Gasteiger partial charge on any atom is 0.339 e. The fourth-order valence-corrected chi connectivity index (χ4v) is 2.37. The van der Waals surface area contributed by atoms with E-state index in [9.17, 15) is 4.79 Å². The van der Waals surface area contributed by atoms with Crippen LogP contribution in [0.5, 0.6) is 0 Å². The van der Waals surface area contributed by atoms with Gasteiger partial charge in [-0.1, -0.05) is 35.9 Å². The first-order valence-electron chi connectivity index (χ1n) is 7.46. The number of carbonyl (C=O) groups excluding carboxylic acids is 1. The zero-order chi connectivity index (χ0) is 17.6. The highest BCUT2D eigenvalue weighted by atomic mass is 35.5. The van der Waals surface area contributed by atoms with Crippen molar-refractivity contribution in [2.24, 2.45) is 0 Å². The van der Waals surface area contributed by atoms with Crippen molar-refractivity contribution in [2.45, 2.75) is 0 Å². The Morgan fingerprint density at radius 1 is 1.00 bits per heavy atom. The summed E-state index contributed by atoms with van der Waals surface area (Å²) in [5.74, 6) is 0.475. The SMILES string of the molecule is COC(=O)c1ccccc1Nc1nccc(Nc2ccccc2Cl)n1. The predicted molar refractivity (Wildman–Crippen MR) is 97.8 cm³/mol. The van der Waals surface area contributed by atoms with E-state index in [0.717, 1.165) is 5.69 Å². The summed E-state index contributed by atoms with van der Waals surface area (Å²) in [6.45, 7) is 0. The third-order valence-corrected chi connectivity index (χ3v) is 3.70. The van der Waals surface area contributed by atoms with Crippen LogP contribution in [-0.2, 0) is 4.74 Å². The number of esters is 1. The lowest BCUT2D eigenvalue weighted by Gasteiger charge is -2.11. The fraction of sp³-hybridized carbons (Fsp3) is 0.0556. The van der Waals surface area contributed by atoms with Crippen LogP contribution < -0.4 is 10.6 Å². The van der Waals surface area contributed by atoms with E-state index in [-0.39, 0.29) is 0 Å². The number of carbonyl (C=O) groups is 1. The molecule has 6 nitrogen and oxygen atoms in total. The van der Waals surface area contributed by atoms with Crippen LogP contribution in [0.2, 0.25) is 5.02 Å². The van der Waals surface area contributed by atoms with Gasteiger partial charge in [0.2, 0.25) is 5.95 Å². The second-order valence-electron chi connectivity index (χ2n) is 5.03. The molecule has 126 valence electrons. The minimum absolute atomic E-state index is 0.341. The van der Waals surface area contributed by atoms with Crippen molar-refractivity contribution in [2.75, 3.05) is 17.7 Å². The van der Waals surface area contributed by atoms with Crippen LogP contribution in [0, 0.1) is 0 Å². The molecule has 25 heavy (non-hydrogen) atoms. The Kier molecular flexibility index (Phi) is 5.11. The summed E-state index contributed by atoms with van der Waals surface area (Å²) in [4.78, 5) is 20.4. The molecular weight excluding hydrogens is 340 g/mol. The van der Waals surface area contributed by atoms with Crippen molar-refractivity contribution in [3.05, 3.63) is 71.4 Å². The number of hydrogen-bond donors (Lipinski definition) is 2. The van der Waals surface area contributed by atoms with E-state index in [2.05, 4.69) is 20.6 Å². The molecule has 0 saturated carbocycles. The number of aromatic nitrogens is 2. The molecule has 1 aromatic heterocycles. The normalized spacial score (nSPS) is 10.2. The molecular formula is C18H15ClN4O2. The smallest absolute Gasteiger partial charge is 0.339 e. The molecule has 0 bridgehead atoms. The molecule has 3 rings (SSSR count). The van der Waals surface area contributed by atoms with Crippen molar-refractivity contribution in [3.8, 4) is 0 Å². The van der Waals surface area contributed by atoms with E-state index in [4.69, 9.17) is 16.3 Å². The van der Waals surface area contributed by atoms with E-state index >= 15 is 0 Å². The van der Waals surface area contributed by atoms with Crippen LogP contribution >= 0.6 is 11.6 Å². The minimum Gasteiger partial charge on any atom is -0.465 e. The molecule has 7 heteroatoms. The number of anilines is 4. The average Bonchev–Trinajstić information content (AvgIpc) is 2.64. The first-order valence-corrected chi connectivity index (χ1v) is 7.84. The van der Waals surface area contributed by atoms with Crippen LogP contribution in [0.3, 0.4) is 0 Å². The summed E-state index contributed by atoms with van der Waals surface area (Å²) in [5.41, 5.74) is 1.70. The van der Waals surface area contributed by atoms with Crippen LogP contribution in [0.1, 0.15) is 10.4 Å². The molecule has 0 radical (unpaired) electrons. The minimum atomic E-state index is -0.437. The third kappa shape index (κ3) is 4.05. The monoisotopic (exact) mass is 354 g/mol. The number of benzene rings is 2. The summed E-state index contributed by atoms with van der Waals surface area (Å²) in [6.07, 6.45) is 1.61. The summed E-state index contributed by atoms with van der Waals surface area (Å²) in [6, 6.07) is 16.1. The molecule has 0 aliphatic rings. The summed E-state index contributed by atoms with van der Waals surface area (Å²) in [5, 5.41) is 6.75. The van der Waals surface area contributed by atoms with Crippen molar-refractivity contribution < 1.29 is 9.53 Å². The van der Waals surface area contributed by atoms with Crippen LogP contribution in [0.15, 0.2) is 60.8 Å². The first-order chi connectivity index (χ1) is 12.2. The zero-order valence-electron chi connectivity index (χ0n) is 13.4. The molecule has 3 aromatic rings. The Morgan fingerprint density at radius 3 is 2.48 bits per heavy atom. The second kappa shape index (κ2) is 7.63. The highest BCUT2D eigenvalue weighted by molar-refractivity contribution is 6.33. The Balaban J connectivity index is 1.84. The van der Waals surface area contributed by atoms with Gasteiger partial charge in [0, 0.05) is 6.20 Å². The maximum absolute atomic E-state index is 11.8. The molecule has 0 atom stereocenters. The zero-order valence-corrected chi connectivity index (χ0v) is 14.1.